The molecule has 2 rings (SSSR count). The molecule has 7 heteroatoms. The van der Waals surface area contributed by atoms with E-state index < -0.39 is 15.8 Å². The summed E-state index contributed by atoms with van der Waals surface area (Å²) in [5.41, 5.74) is -0.0257. The average molecular weight is 371 g/mol. The highest BCUT2D eigenvalue weighted by Gasteiger charge is 2.16. The Kier molecular flexibility index (Phi) is 4.34. The number of ether oxygens (including phenoxy) is 1. The summed E-state index contributed by atoms with van der Waals surface area (Å²) in [7, 11) is -3.36. The molecule has 1 N–H and O–H groups in total. The van der Waals surface area contributed by atoms with Gasteiger partial charge in [0.15, 0.2) is 9.84 Å². The van der Waals surface area contributed by atoms with Crippen molar-refractivity contribution in [3.63, 3.8) is 0 Å². The van der Waals surface area contributed by atoms with Crippen molar-refractivity contribution < 1.29 is 23.1 Å². The number of benzene rings is 2. The first-order chi connectivity index (χ1) is 9.79. The Bertz CT molecular complexity index is 799. The second kappa shape index (κ2) is 5.87. The highest BCUT2D eigenvalue weighted by atomic mass is 79.9. The first-order valence-corrected chi connectivity index (χ1v) is 8.47. The van der Waals surface area contributed by atoms with Crippen molar-refractivity contribution in [1.29, 1.82) is 0 Å². The minimum atomic E-state index is -3.36. The quantitative estimate of drug-likeness (QED) is 0.892. The monoisotopic (exact) mass is 370 g/mol. The molecule has 2 aromatic rings. The third-order valence-electron chi connectivity index (χ3n) is 2.65. The van der Waals surface area contributed by atoms with Gasteiger partial charge in [0.25, 0.3) is 0 Å². The number of aromatic carboxylic acids is 1. The Morgan fingerprint density at radius 3 is 2.48 bits per heavy atom. The van der Waals surface area contributed by atoms with Crippen molar-refractivity contribution >= 4 is 31.7 Å². The number of hydrogen-bond donors (Lipinski definition) is 1. The lowest BCUT2D eigenvalue weighted by Crippen LogP contribution is -2.02. The van der Waals surface area contributed by atoms with Gasteiger partial charge in [-0.15, -0.1) is 0 Å². The van der Waals surface area contributed by atoms with E-state index in [-0.39, 0.29) is 22.0 Å². The van der Waals surface area contributed by atoms with Crippen LogP contribution in [-0.2, 0) is 9.84 Å². The first kappa shape index (κ1) is 15.5. The maximum absolute atomic E-state index is 11.5. The summed E-state index contributed by atoms with van der Waals surface area (Å²) in [5, 5.41) is 9.20. The molecule has 0 aromatic heterocycles. The molecule has 0 aliphatic rings. The minimum absolute atomic E-state index is 0.0257. The number of hydrogen-bond acceptors (Lipinski definition) is 4. The predicted molar refractivity (Wildman–Crippen MR) is 80.7 cm³/mol. The molecule has 0 atom stereocenters. The van der Waals surface area contributed by atoms with E-state index in [9.17, 15) is 18.3 Å². The Morgan fingerprint density at radius 1 is 1.19 bits per heavy atom. The van der Waals surface area contributed by atoms with Crippen molar-refractivity contribution in [1.82, 2.24) is 0 Å². The van der Waals surface area contributed by atoms with Gasteiger partial charge in [0, 0.05) is 10.7 Å². The fraction of sp³-hybridized carbons (Fsp3) is 0.0714. The van der Waals surface area contributed by atoms with Gasteiger partial charge in [-0.2, -0.15) is 0 Å². The number of halogens is 1. The van der Waals surface area contributed by atoms with Gasteiger partial charge in [-0.1, -0.05) is 12.1 Å². The second-order valence-corrected chi connectivity index (χ2v) is 7.14. The lowest BCUT2D eigenvalue weighted by Gasteiger charge is -2.10. The van der Waals surface area contributed by atoms with E-state index >= 15 is 0 Å². The van der Waals surface area contributed by atoms with E-state index in [0.29, 0.717) is 4.47 Å². The zero-order chi connectivity index (χ0) is 15.6. The van der Waals surface area contributed by atoms with E-state index in [2.05, 4.69) is 15.9 Å². The van der Waals surface area contributed by atoms with Crippen LogP contribution in [0.1, 0.15) is 10.4 Å². The van der Waals surface area contributed by atoms with E-state index in [0.717, 1.165) is 6.26 Å². The second-order valence-electron chi connectivity index (χ2n) is 4.27. The van der Waals surface area contributed by atoms with Gasteiger partial charge in [-0.05, 0) is 46.3 Å². The van der Waals surface area contributed by atoms with Crippen molar-refractivity contribution in [2.45, 2.75) is 4.90 Å². The molecule has 0 fully saturated rings. The Morgan fingerprint density at radius 2 is 1.86 bits per heavy atom. The normalized spacial score (nSPS) is 11.1. The molecule has 5 nitrogen and oxygen atoms in total. The van der Waals surface area contributed by atoms with Crippen LogP contribution in [0.5, 0.6) is 11.5 Å². The fourth-order valence-corrected chi connectivity index (χ4v) is 2.87. The average Bonchev–Trinajstić information content (AvgIpc) is 2.37. The van der Waals surface area contributed by atoms with Crippen molar-refractivity contribution in [2.24, 2.45) is 0 Å². The van der Waals surface area contributed by atoms with Crippen LogP contribution in [-0.4, -0.2) is 25.7 Å². The summed E-state index contributed by atoms with van der Waals surface area (Å²) in [6.45, 7) is 0. The van der Waals surface area contributed by atoms with Gasteiger partial charge in [-0.3, -0.25) is 0 Å². The number of sulfone groups is 1. The molecular formula is C14H11BrO5S. The van der Waals surface area contributed by atoms with Crippen LogP contribution < -0.4 is 4.74 Å². The van der Waals surface area contributed by atoms with Gasteiger partial charge < -0.3 is 9.84 Å². The summed E-state index contributed by atoms with van der Waals surface area (Å²) in [6, 6.07) is 10.6. The van der Waals surface area contributed by atoms with Crippen molar-refractivity contribution in [3.8, 4) is 11.5 Å². The Balaban J connectivity index is 2.44. The van der Waals surface area contributed by atoms with Crippen LogP contribution in [0.25, 0.3) is 0 Å². The molecule has 0 saturated carbocycles. The molecule has 0 heterocycles. The molecular weight excluding hydrogens is 360 g/mol. The lowest BCUT2D eigenvalue weighted by atomic mass is 10.2. The van der Waals surface area contributed by atoms with Crippen LogP contribution in [0.2, 0.25) is 0 Å². The molecule has 0 unspecified atom stereocenters. The predicted octanol–water partition coefficient (Wildman–Crippen LogP) is 3.34. The van der Waals surface area contributed by atoms with Gasteiger partial charge in [0.2, 0.25) is 0 Å². The maximum Gasteiger partial charge on any atom is 0.340 e. The molecule has 0 radical (unpaired) electrons. The number of carboxylic acids is 1. The third kappa shape index (κ3) is 3.62. The standard InChI is InChI=1S/C14H11BrO5S/c1-21(18,19)10-5-2-4-9(8-10)20-12-7-3-6-11(15)13(12)14(16)17/h2-8H,1H3,(H,16,17). The van der Waals surface area contributed by atoms with Gasteiger partial charge >= 0.3 is 5.97 Å². The molecule has 0 saturated heterocycles. The van der Waals surface area contributed by atoms with Crippen LogP contribution in [0.4, 0.5) is 0 Å². The topological polar surface area (TPSA) is 80.7 Å². The first-order valence-electron chi connectivity index (χ1n) is 5.79. The molecule has 0 aliphatic carbocycles. The minimum Gasteiger partial charge on any atom is -0.478 e. The van der Waals surface area contributed by atoms with Gasteiger partial charge in [0.1, 0.15) is 17.1 Å². The largest absolute Gasteiger partial charge is 0.478 e. The van der Waals surface area contributed by atoms with Crippen LogP contribution in [0.3, 0.4) is 0 Å². The van der Waals surface area contributed by atoms with Gasteiger partial charge in [-0.25, -0.2) is 13.2 Å². The molecule has 0 bridgehead atoms. The molecule has 0 spiro atoms. The van der Waals surface area contributed by atoms with Gasteiger partial charge in [0.05, 0.1) is 4.90 Å². The molecule has 2 aromatic carbocycles. The fourth-order valence-electron chi connectivity index (χ4n) is 1.69. The molecule has 0 amide bonds. The number of carbonyl (C=O) groups is 1. The van der Waals surface area contributed by atoms with E-state index in [1.807, 2.05) is 0 Å². The van der Waals surface area contributed by atoms with Crippen molar-refractivity contribution in [2.75, 3.05) is 6.26 Å². The molecule has 110 valence electrons. The zero-order valence-electron chi connectivity index (χ0n) is 10.9. The smallest absolute Gasteiger partial charge is 0.340 e. The Labute approximate surface area is 130 Å². The van der Waals surface area contributed by atoms with Crippen LogP contribution >= 0.6 is 15.9 Å². The van der Waals surface area contributed by atoms with E-state index in [1.54, 1.807) is 18.2 Å². The zero-order valence-corrected chi connectivity index (χ0v) is 13.3. The summed E-state index contributed by atoms with van der Waals surface area (Å²) in [5.74, 6) is -0.766. The Hall–Kier alpha value is -1.86. The summed E-state index contributed by atoms with van der Waals surface area (Å²) in [4.78, 5) is 11.4. The summed E-state index contributed by atoms with van der Waals surface area (Å²) < 4.78 is 28.9. The number of rotatable bonds is 4. The molecule has 0 aliphatic heterocycles. The number of carboxylic acid groups (broad SMARTS) is 1. The lowest BCUT2D eigenvalue weighted by molar-refractivity contribution is 0.0693. The maximum atomic E-state index is 11.5. The molecule has 21 heavy (non-hydrogen) atoms. The SMILES string of the molecule is CS(=O)(=O)c1cccc(Oc2cccc(Br)c2C(=O)O)c1. The third-order valence-corrected chi connectivity index (χ3v) is 4.42. The summed E-state index contributed by atoms with van der Waals surface area (Å²) >= 11 is 3.15. The van der Waals surface area contributed by atoms with E-state index in [1.165, 1.54) is 24.3 Å². The highest BCUT2D eigenvalue weighted by molar-refractivity contribution is 9.10. The van der Waals surface area contributed by atoms with Crippen LogP contribution in [0.15, 0.2) is 51.8 Å². The summed E-state index contributed by atoms with van der Waals surface area (Å²) in [6.07, 6.45) is 1.09. The van der Waals surface area contributed by atoms with Crippen molar-refractivity contribution in [3.05, 3.63) is 52.5 Å². The van der Waals surface area contributed by atoms with Crippen LogP contribution in [0, 0.1) is 0 Å². The van der Waals surface area contributed by atoms with E-state index in [4.69, 9.17) is 4.74 Å². The highest BCUT2D eigenvalue weighted by Crippen LogP contribution is 2.31.